The molecule has 7 heteroatoms. The van der Waals surface area contributed by atoms with Crippen LogP contribution >= 0.6 is 35.0 Å². The number of rotatable bonds is 6. The summed E-state index contributed by atoms with van der Waals surface area (Å²) in [5.41, 5.74) is 1.08. The lowest BCUT2D eigenvalue weighted by Gasteiger charge is -2.12. The van der Waals surface area contributed by atoms with E-state index in [0.717, 1.165) is 5.56 Å². The van der Waals surface area contributed by atoms with Crippen LogP contribution in [0, 0.1) is 0 Å². The van der Waals surface area contributed by atoms with Crippen LogP contribution in [0.15, 0.2) is 42.5 Å². The van der Waals surface area contributed by atoms with E-state index >= 15 is 0 Å². The quantitative estimate of drug-likeness (QED) is 0.849. The molecule has 120 valence electrons. The molecule has 0 fully saturated rings. The number of carboxylic acids is 1. The molecule has 4 nitrogen and oxygen atoms in total. The number of halogens is 2. The molecule has 23 heavy (non-hydrogen) atoms. The monoisotopic (exact) mass is 368 g/mol. The van der Waals surface area contributed by atoms with Gasteiger partial charge < -0.3 is 15.2 Å². The molecule has 0 radical (unpaired) electrons. The zero-order valence-corrected chi connectivity index (χ0v) is 14.2. The molecule has 0 aliphatic rings. The zero-order chi connectivity index (χ0) is 16.8. The van der Waals surface area contributed by atoms with E-state index in [0.29, 0.717) is 10.8 Å². The molecule has 0 saturated heterocycles. The average Bonchev–Trinajstić information content (AvgIpc) is 2.51. The molecule has 0 aromatic heterocycles. The van der Waals surface area contributed by atoms with E-state index in [-0.39, 0.29) is 27.9 Å². The minimum atomic E-state index is -1.39. The molecule has 0 aliphatic heterocycles. The minimum Gasteiger partial charge on any atom is -0.545 e. The topological polar surface area (TPSA) is 69.2 Å². The Morgan fingerprint density at radius 2 is 1.70 bits per heavy atom. The van der Waals surface area contributed by atoms with Gasteiger partial charge in [0, 0.05) is 27.0 Å². The van der Waals surface area contributed by atoms with Gasteiger partial charge in [0.2, 0.25) is 5.91 Å². The van der Waals surface area contributed by atoms with Crippen molar-refractivity contribution in [3.8, 4) is 0 Å². The fourth-order valence-electron chi connectivity index (χ4n) is 1.82. The lowest BCUT2D eigenvalue weighted by molar-refractivity contribution is -0.254. The van der Waals surface area contributed by atoms with Crippen molar-refractivity contribution in [3.05, 3.63) is 63.6 Å². The van der Waals surface area contributed by atoms with Crippen molar-refractivity contribution in [1.29, 1.82) is 0 Å². The summed E-state index contributed by atoms with van der Waals surface area (Å²) < 4.78 is 0. The van der Waals surface area contributed by atoms with Crippen molar-refractivity contribution in [2.75, 3.05) is 11.1 Å². The van der Waals surface area contributed by atoms with Gasteiger partial charge in [-0.05, 0) is 35.9 Å². The Balaban J connectivity index is 1.90. The standard InChI is InChI=1S/C16H13Cl2NO3S/c17-11-3-1-10(2-4-11)8-23-9-15(20)19-14-6-5-12(18)7-13(14)16(21)22/h1-7H,8-9H2,(H,19,20)(H,21,22)/p-1. The van der Waals surface area contributed by atoms with Gasteiger partial charge in [-0.3, -0.25) is 4.79 Å². The number of carboxylic acid groups (broad SMARTS) is 1. The lowest BCUT2D eigenvalue weighted by atomic mass is 10.2. The van der Waals surface area contributed by atoms with Crippen LogP contribution in [-0.4, -0.2) is 17.6 Å². The normalized spacial score (nSPS) is 10.3. The first-order chi connectivity index (χ1) is 11.0. The third-order valence-electron chi connectivity index (χ3n) is 2.89. The highest BCUT2D eigenvalue weighted by molar-refractivity contribution is 7.99. The van der Waals surface area contributed by atoms with Crippen LogP contribution in [0.5, 0.6) is 0 Å². The maximum absolute atomic E-state index is 11.9. The van der Waals surface area contributed by atoms with Gasteiger partial charge in [0.25, 0.3) is 0 Å². The van der Waals surface area contributed by atoms with Crippen LogP contribution in [0.1, 0.15) is 15.9 Å². The molecular weight excluding hydrogens is 357 g/mol. The summed E-state index contributed by atoms with van der Waals surface area (Å²) in [4.78, 5) is 23.0. The van der Waals surface area contributed by atoms with Gasteiger partial charge in [-0.1, -0.05) is 35.3 Å². The zero-order valence-electron chi connectivity index (χ0n) is 11.8. The molecule has 1 N–H and O–H groups in total. The van der Waals surface area contributed by atoms with E-state index in [1.54, 1.807) is 12.1 Å². The molecule has 0 unspecified atom stereocenters. The number of anilines is 1. The number of thioether (sulfide) groups is 1. The fourth-order valence-corrected chi connectivity index (χ4v) is 2.91. The number of carbonyl (C=O) groups is 2. The molecule has 0 saturated carbocycles. The number of hydrogen-bond acceptors (Lipinski definition) is 4. The largest absolute Gasteiger partial charge is 0.545 e. The predicted octanol–water partition coefficient (Wildman–Crippen LogP) is 3.23. The highest BCUT2D eigenvalue weighted by Crippen LogP contribution is 2.21. The van der Waals surface area contributed by atoms with Gasteiger partial charge in [0.1, 0.15) is 0 Å². The molecule has 1 amide bonds. The summed E-state index contributed by atoms with van der Waals surface area (Å²) in [6.07, 6.45) is 0. The molecule has 2 aromatic carbocycles. The Morgan fingerprint density at radius 1 is 1.04 bits per heavy atom. The van der Waals surface area contributed by atoms with Crippen molar-refractivity contribution in [3.63, 3.8) is 0 Å². The van der Waals surface area contributed by atoms with Crippen molar-refractivity contribution in [1.82, 2.24) is 0 Å². The SMILES string of the molecule is O=C(CSCc1ccc(Cl)cc1)Nc1ccc(Cl)cc1C(=O)[O-]. The minimum absolute atomic E-state index is 0.145. The van der Waals surface area contributed by atoms with E-state index < -0.39 is 5.97 Å². The first-order valence-electron chi connectivity index (χ1n) is 6.58. The first kappa shape index (κ1) is 17.7. The van der Waals surface area contributed by atoms with Crippen molar-refractivity contribution >= 4 is 52.5 Å². The molecule has 0 spiro atoms. The smallest absolute Gasteiger partial charge is 0.234 e. The number of amides is 1. The molecule has 0 atom stereocenters. The summed E-state index contributed by atoms with van der Waals surface area (Å²) in [6, 6.07) is 11.5. The average molecular weight is 369 g/mol. The van der Waals surface area contributed by atoms with Crippen molar-refractivity contribution < 1.29 is 14.7 Å². The fraction of sp³-hybridized carbons (Fsp3) is 0.125. The molecule has 0 bridgehead atoms. The summed E-state index contributed by atoms with van der Waals surface area (Å²) in [7, 11) is 0. The second kappa shape index (κ2) is 8.24. The first-order valence-corrected chi connectivity index (χ1v) is 8.49. The predicted molar refractivity (Wildman–Crippen MR) is 92.0 cm³/mol. The van der Waals surface area contributed by atoms with Crippen LogP contribution in [-0.2, 0) is 10.5 Å². The maximum Gasteiger partial charge on any atom is 0.234 e. The second-order valence-corrected chi connectivity index (χ2v) is 6.50. The summed E-state index contributed by atoms with van der Waals surface area (Å²) >= 11 is 13.0. The molecule has 0 heterocycles. The van der Waals surface area contributed by atoms with E-state index in [1.165, 1.54) is 30.0 Å². The Hall–Kier alpha value is -1.69. The molecule has 2 rings (SSSR count). The summed E-state index contributed by atoms with van der Waals surface area (Å²) in [5, 5.41) is 14.5. The number of hydrogen-bond donors (Lipinski definition) is 1. The van der Waals surface area contributed by atoms with Crippen LogP contribution in [0.4, 0.5) is 5.69 Å². The van der Waals surface area contributed by atoms with Crippen LogP contribution in [0.25, 0.3) is 0 Å². The van der Waals surface area contributed by atoms with Crippen molar-refractivity contribution in [2.24, 2.45) is 0 Å². The van der Waals surface area contributed by atoms with E-state index in [2.05, 4.69) is 5.32 Å². The third-order valence-corrected chi connectivity index (χ3v) is 4.38. The highest BCUT2D eigenvalue weighted by Gasteiger charge is 2.09. The van der Waals surface area contributed by atoms with Gasteiger partial charge in [-0.25, -0.2) is 0 Å². The van der Waals surface area contributed by atoms with Crippen LogP contribution < -0.4 is 10.4 Å². The summed E-state index contributed by atoms with van der Waals surface area (Å²) in [6.45, 7) is 0. The Morgan fingerprint density at radius 3 is 2.35 bits per heavy atom. The third kappa shape index (κ3) is 5.46. The number of nitrogens with one attached hydrogen (secondary N) is 1. The number of carbonyl (C=O) groups excluding carboxylic acids is 2. The Kier molecular flexibility index (Phi) is 6.33. The molecular formula is C16H12Cl2NO3S-. The van der Waals surface area contributed by atoms with Gasteiger partial charge >= 0.3 is 0 Å². The lowest BCUT2D eigenvalue weighted by Crippen LogP contribution is -2.25. The maximum atomic E-state index is 11.9. The van der Waals surface area contributed by atoms with Gasteiger partial charge in [-0.2, -0.15) is 0 Å². The molecule has 2 aromatic rings. The van der Waals surface area contributed by atoms with Gasteiger partial charge in [0.05, 0.1) is 11.7 Å². The number of benzene rings is 2. The van der Waals surface area contributed by atoms with Gasteiger partial charge in [-0.15, -0.1) is 11.8 Å². The highest BCUT2D eigenvalue weighted by atomic mass is 35.5. The van der Waals surface area contributed by atoms with Gasteiger partial charge in [0.15, 0.2) is 0 Å². The van der Waals surface area contributed by atoms with Crippen molar-refractivity contribution in [2.45, 2.75) is 5.75 Å². The summed E-state index contributed by atoms with van der Waals surface area (Å²) in [5.74, 6) is -0.846. The molecule has 0 aliphatic carbocycles. The van der Waals surface area contributed by atoms with Crippen LogP contribution in [0.3, 0.4) is 0 Å². The Bertz CT molecular complexity index is 720. The Labute approximate surface area is 147 Å². The van der Waals surface area contributed by atoms with E-state index in [9.17, 15) is 14.7 Å². The van der Waals surface area contributed by atoms with E-state index in [4.69, 9.17) is 23.2 Å². The number of aromatic carboxylic acids is 1. The van der Waals surface area contributed by atoms with Crippen LogP contribution in [0.2, 0.25) is 10.0 Å². The second-order valence-electron chi connectivity index (χ2n) is 4.64. The van der Waals surface area contributed by atoms with E-state index in [1.807, 2.05) is 12.1 Å².